The molecule has 1 aliphatic heterocycles. The van der Waals surface area contributed by atoms with E-state index in [0.29, 0.717) is 24.8 Å². The van der Waals surface area contributed by atoms with Gasteiger partial charge in [0, 0.05) is 59.5 Å². The molecule has 11 heteroatoms. The number of carbonyl (C=O) groups is 1. The van der Waals surface area contributed by atoms with E-state index in [1.54, 1.807) is 41.9 Å². The maximum Gasteiger partial charge on any atom is 0.263 e. The fraction of sp³-hybridized carbons (Fsp3) is 0.280. The van der Waals surface area contributed by atoms with E-state index >= 15 is 0 Å². The van der Waals surface area contributed by atoms with Crippen LogP contribution in [0.25, 0.3) is 10.9 Å². The van der Waals surface area contributed by atoms with Crippen LogP contribution in [0.2, 0.25) is 0 Å². The van der Waals surface area contributed by atoms with Crippen molar-refractivity contribution in [1.29, 1.82) is 0 Å². The van der Waals surface area contributed by atoms with Crippen molar-refractivity contribution in [1.82, 2.24) is 14.5 Å². The number of carbonyl (C=O) groups excluding carboxylic acids is 1. The summed E-state index contributed by atoms with van der Waals surface area (Å²) in [6, 6.07) is 13.2. The lowest BCUT2D eigenvalue weighted by molar-refractivity contribution is -0.134. The number of aryl methyl sites for hydroxylation is 1. The van der Waals surface area contributed by atoms with Gasteiger partial charge in [-0.1, -0.05) is 0 Å². The molecular weight excluding hydrogens is 501 g/mol. The number of anilines is 2. The summed E-state index contributed by atoms with van der Waals surface area (Å²) in [6.07, 6.45) is 1.54. The van der Waals surface area contributed by atoms with E-state index in [2.05, 4.69) is 14.6 Å². The van der Waals surface area contributed by atoms with Gasteiger partial charge in [-0.2, -0.15) is 0 Å². The highest BCUT2D eigenvalue weighted by molar-refractivity contribution is 7.93. The first-order chi connectivity index (χ1) is 17.2. The molecule has 0 spiro atoms. The second-order valence-electron chi connectivity index (χ2n) is 8.89. The first-order valence-electron chi connectivity index (χ1n) is 11.5. The molecular formula is C25H26FN5O3S2. The van der Waals surface area contributed by atoms with Crippen LogP contribution in [0.4, 0.5) is 15.2 Å². The fourth-order valence-corrected chi connectivity index (χ4v) is 6.45. The predicted molar refractivity (Wildman–Crippen MR) is 139 cm³/mol. The SMILES string of the molecule is Cc1cc2cc(F)ccc2n1CC(=O)N1CCN(c2ccc(S(=O)(=O)Nc3nccs3)cc2)C[C@@H]1C. The lowest BCUT2D eigenvalue weighted by Gasteiger charge is -2.41. The van der Waals surface area contributed by atoms with Crippen molar-refractivity contribution < 1.29 is 17.6 Å². The van der Waals surface area contributed by atoms with Gasteiger partial charge in [-0.05, 0) is 62.4 Å². The van der Waals surface area contributed by atoms with Gasteiger partial charge < -0.3 is 14.4 Å². The zero-order chi connectivity index (χ0) is 25.4. The predicted octanol–water partition coefficient (Wildman–Crippen LogP) is 4.08. The number of benzene rings is 2. The van der Waals surface area contributed by atoms with Crippen LogP contribution in [0.15, 0.2) is 65.0 Å². The van der Waals surface area contributed by atoms with Crippen molar-refractivity contribution in [2.45, 2.75) is 31.3 Å². The minimum Gasteiger partial charge on any atom is -0.368 e. The fourth-order valence-electron chi connectivity index (χ4n) is 4.66. The molecule has 0 radical (unpaired) electrons. The molecule has 2 aromatic carbocycles. The van der Waals surface area contributed by atoms with E-state index in [1.807, 2.05) is 29.4 Å². The number of amides is 1. The third-order valence-electron chi connectivity index (χ3n) is 6.48. The van der Waals surface area contributed by atoms with E-state index in [4.69, 9.17) is 0 Å². The highest BCUT2D eigenvalue weighted by Crippen LogP contribution is 2.25. The van der Waals surface area contributed by atoms with Gasteiger partial charge in [0.15, 0.2) is 5.13 Å². The van der Waals surface area contributed by atoms with E-state index < -0.39 is 10.0 Å². The molecule has 2 aromatic heterocycles. The maximum atomic E-state index is 13.6. The molecule has 0 bridgehead atoms. The van der Waals surface area contributed by atoms with Crippen molar-refractivity contribution in [3.8, 4) is 0 Å². The molecule has 1 fully saturated rings. The molecule has 1 N–H and O–H groups in total. The van der Waals surface area contributed by atoms with E-state index in [9.17, 15) is 17.6 Å². The maximum absolute atomic E-state index is 13.6. The molecule has 1 aliphatic rings. The van der Waals surface area contributed by atoms with Crippen LogP contribution < -0.4 is 9.62 Å². The highest BCUT2D eigenvalue weighted by atomic mass is 32.2. The Bertz CT molecular complexity index is 1500. The summed E-state index contributed by atoms with van der Waals surface area (Å²) in [4.78, 5) is 21.4. The Kier molecular flexibility index (Phi) is 6.44. The molecule has 36 heavy (non-hydrogen) atoms. The Morgan fingerprint density at radius 1 is 1.17 bits per heavy atom. The van der Waals surface area contributed by atoms with Crippen molar-refractivity contribution in [3.05, 3.63) is 71.6 Å². The number of hydrogen-bond acceptors (Lipinski definition) is 6. The summed E-state index contributed by atoms with van der Waals surface area (Å²) < 4.78 is 43.2. The zero-order valence-corrected chi connectivity index (χ0v) is 21.5. The van der Waals surface area contributed by atoms with Crippen LogP contribution in [0.3, 0.4) is 0 Å². The Morgan fingerprint density at radius 2 is 1.94 bits per heavy atom. The van der Waals surface area contributed by atoms with Crippen LogP contribution in [0.1, 0.15) is 12.6 Å². The smallest absolute Gasteiger partial charge is 0.263 e. The third kappa shape index (κ3) is 4.80. The van der Waals surface area contributed by atoms with Crippen LogP contribution in [-0.2, 0) is 21.4 Å². The first kappa shape index (κ1) is 24.3. The Balaban J connectivity index is 1.24. The van der Waals surface area contributed by atoms with Crippen molar-refractivity contribution in [2.75, 3.05) is 29.3 Å². The molecule has 1 atom stereocenters. The van der Waals surface area contributed by atoms with E-state index in [1.165, 1.54) is 23.5 Å². The zero-order valence-electron chi connectivity index (χ0n) is 19.9. The van der Waals surface area contributed by atoms with Gasteiger partial charge in [0.05, 0.1) is 4.90 Å². The average Bonchev–Trinajstić information content (AvgIpc) is 3.45. The van der Waals surface area contributed by atoms with Crippen LogP contribution in [0.5, 0.6) is 0 Å². The molecule has 0 saturated carbocycles. The molecule has 3 heterocycles. The summed E-state index contributed by atoms with van der Waals surface area (Å²) in [7, 11) is -3.70. The van der Waals surface area contributed by atoms with Gasteiger partial charge in [0.2, 0.25) is 5.91 Å². The van der Waals surface area contributed by atoms with Crippen LogP contribution >= 0.6 is 11.3 Å². The molecule has 8 nitrogen and oxygen atoms in total. The summed E-state index contributed by atoms with van der Waals surface area (Å²) in [5.41, 5.74) is 2.65. The van der Waals surface area contributed by atoms with Crippen molar-refractivity contribution in [2.24, 2.45) is 0 Å². The van der Waals surface area contributed by atoms with Gasteiger partial charge in [-0.15, -0.1) is 11.3 Å². The molecule has 188 valence electrons. The van der Waals surface area contributed by atoms with Gasteiger partial charge in [0.25, 0.3) is 10.0 Å². The number of sulfonamides is 1. The standard InChI is InChI=1S/C25H26FN5O3S2/c1-17-13-19-14-20(26)3-8-23(19)31(17)16-24(32)30-11-10-29(15-18(30)2)21-4-6-22(7-5-21)36(33,34)28-25-27-9-12-35-25/h3-9,12-14,18H,10-11,15-16H2,1-2H3,(H,27,28)/t18-/m0/s1. The number of piperazine rings is 1. The number of thiazole rings is 1. The monoisotopic (exact) mass is 527 g/mol. The number of nitrogens with one attached hydrogen (secondary N) is 1. The lowest BCUT2D eigenvalue weighted by Crippen LogP contribution is -2.54. The Hall–Kier alpha value is -3.44. The number of hydrogen-bond donors (Lipinski definition) is 1. The second-order valence-corrected chi connectivity index (χ2v) is 11.5. The van der Waals surface area contributed by atoms with Crippen LogP contribution in [0, 0.1) is 12.7 Å². The minimum atomic E-state index is -3.70. The average molecular weight is 528 g/mol. The van der Waals surface area contributed by atoms with Crippen LogP contribution in [-0.4, -0.2) is 54.5 Å². The van der Waals surface area contributed by atoms with E-state index in [0.717, 1.165) is 22.3 Å². The number of fused-ring (bicyclic) bond motifs is 1. The summed E-state index contributed by atoms with van der Waals surface area (Å²) in [6.45, 7) is 5.95. The largest absolute Gasteiger partial charge is 0.368 e. The quantitative estimate of drug-likeness (QED) is 0.408. The summed E-state index contributed by atoms with van der Waals surface area (Å²) >= 11 is 1.22. The Morgan fingerprint density at radius 3 is 2.64 bits per heavy atom. The van der Waals surface area contributed by atoms with Gasteiger partial charge >= 0.3 is 0 Å². The second kappa shape index (κ2) is 9.55. The normalized spacial score (nSPS) is 16.5. The van der Waals surface area contributed by atoms with Crippen molar-refractivity contribution in [3.63, 3.8) is 0 Å². The van der Waals surface area contributed by atoms with Gasteiger partial charge in [-0.3, -0.25) is 9.52 Å². The third-order valence-corrected chi connectivity index (χ3v) is 8.65. The highest BCUT2D eigenvalue weighted by Gasteiger charge is 2.28. The molecule has 1 saturated heterocycles. The van der Waals surface area contributed by atoms with Gasteiger partial charge in [-0.25, -0.2) is 17.8 Å². The minimum absolute atomic E-state index is 0.0155. The molecule has 0 aliphatic carbocycles. The molecule has 0 unspecified atom stereocenters. The Labute approximate surface area is 213 Å². The lowest BCUT2D eigenvalue weighted by atomic mass is 10.1. The first-order valence-corrected chi connectivity index (χ1v) is 13.9. The summed E-state index contributed by atoms with van der Waals surface area (Å²) in [5, 5.41) is 2.81. The number of aromatic nitrogens is 2. The topological polar surface area (TPSA) is 87.5 Å². The van der Waals surface area contributed by atoms with E-state index in [-0.39, 0.29) is 29.2 Å². The molecule has 4 aromatic rings. The number of nitrogens with zero attached hydrogens (tertiary/aromatic N) is 4. The van der Waals surface area contributed by atoms with Crippen molar-refractivity contribution >= 4 is 49.0 Å². The summed E-state index contributed by atoms with van der Waals surface area (Å²) in [5.74, 6) is -0.279. The molecule has 5 rings (SSSR count). The number of rotatable bonds is 6. The molecule has 1 amide bonds. The number of halogens is 1. The van der Waals surface area contributed by atoms with Gasteiger partial charge in [0.1, 0.15) is 12.4 Å².